The molecule has 0 amide bonds. The van der Waals surface area contributed by atoms with Gasteiger partial charge in [0, 0.05) is 6.61 Å². The van der Waals surface area contributed by atoms with Crippen LogP contribution in [0.25, 0.3) is 0 Å². The Morgan fingerprint density at radius 2 is 1.35 bits per heavy atom. The Morgan fingerprint density at radius 1 is 0.765 bits per heavy atom. The van der Waals surface area contributed by atoms with Gasteiger partial charge in [-0.2, -0.15) is 0 Å². The summed E-state index contributed by atoms with van der Waals surface area (Å²) >= 11 is 0. The van der Waals surface area contributed by atoms with E-state index in [2.05, 4.69) is 27.7 Å². The van der Waals surface area contributed by atoms with E-state index in [-0.39, 0.29) is 5.60 Å². The van der Waals surface area contributed by atoms with Crippen molar-refractivity contribution in [3.8, 4) is 0 Å². The van der Waals surface area contributed by atoms with Crippen LogP contribution in [0.4, 0.5) is 0 Å². The molecule has 0 aromatic rings. The number of hydrogen-bond acceptors (Lipinski definition) is 3. The second kappa shape index (κ2) is 11.0. The van der Waals surface area contributed by atoms with Gasteiger partial charge >= 0.3 is 0 Å². The lowest BCUT2D eigenvalue weighted by atomic mass is 10.0. The van der Waals surface area contributed by atoms with Gasteiger partial charge in [-0.15, -0.1) is 0 Å². The van der Waals surface area contributed by atoms with Crippen LogP contribution in [-0.4, -0.2) is 38.6 Å². The van der Waals surface area contributed by atoms with Crippen LogP contribution in [0.5, 0.6) is 0 Å². The molecule has 0 atom stereocenters. The largest absolute Gasteiger partial charge is 0.379 e. The zero-order valence-electron chi connectivity index (χ0n) is 12.1. The molecule has 0 aliphatic heterocycles. The fraction of sp³-hybridized carbons (Fsp3) is 1.00. The molecule has 0 aromatic heterocycles. The molecule has 0 saturated carbocycles. The summed E-state index contributed by atoms with van der Waals surface area (Å²) in [6.07, 6.45) is 4.62. The number of rotatable bonds is 12. The van der Waals surface area contributed by atoms with Crippen molar-refractivity contribution >= 4 is 0 Å². The minimum absolute atomic E-state index is 0.0158. The molecule has 0 rings (SSSR count). The quantitative estimate of drug-likeness (QED) is 0.494. The molecule has 0 aliphatic rings. The van der Waals surface area contributed by atoms with E-state index in [0.29, 0.717) is 26.4 Å². The summed E-state index contributed by atoms with van der Waals surface area (Å²) in [5.74, 6) is 0. The molecule has 0 N–H and O–H groups in total. The van der Waals surface area contributed by atoms with Crippen LogP contribution >= 0.6 is 0 Å². The van der Waals surface area contributed by atoms with Crippen molar-refractivity contribution in [3.63, 3.8) is 0 Å². The lowest BCUT2D eigenvalue weighted by Crippen LogP contribution is -2.26. The monoisotopic (exact) mass is 246 g/mol. The van der Waals surface area contributed by atoms with Crippen molar-refractivity contribution in [2.45, 2.75) is 59.0 Å². The number of unbranched alkanes of at least 4 members (excludes halogenated alkanes) is 1. The van der Waals surface area contributed by atoms with Crippen LogP contribution in [0.15, 0.2) is 0 Å². The predicted molar refractivity (Wildman–Crippen MR) is 71.5 cm³/mol. The molecule has 0 heterocycles. The third kappa shape index (κ3) is 12.1. The molecule has 0 radical (unpaired) electrons. The average Bonchev–Trinajstić information content (AvgIpc) is 2.30. The van der Waals surface area contributed by atoms with E-state index >= 15 is 0 Å². The van der Waals surface area contributed by atoms with E-state index in [1.54, 1.807) is 0 Å². The van der Waals surface area contributed by atoms with E-state index in [1.165, 1.54) is 12.8 Å². The fourth-order valence-electron chi connectivity index (χ4n) is 1.52. The first-order valence-corrected chi connectivity index (χ1v) is 6.92. The highest BCUT2D eigenvalue weighted by Gasteiger charge is 2.16. The van der Waals surface area contributed by atoms with Gasteiger partial charge in [-0.1, -0.05) is 26.7 Å². The lowest BCUT2D eigenvalue weighted by Gasteiger charge is -2.25. The van der Waals surface area contributed by atoms with E-state index < -0.39 is 0 Å². The Morgan fingerprint density at radius 3 is 1.94 bits per heavy atom. The summed E-state index contributed by atoms with van der Waals surface area (Å²) in [6.45, 7) is 12.1. The van der Waals surface area contributed by atoms with Gasteiger partial charge in [0.1, 0.15) is 0 Å². The van der Waals surface area contributed by atoms with E-state index in [4.69, 9.17) is 14.2 Å². The number of hydrogen-bond donors (Lipinski definition) is 0. The Bertz CT molecular complexity index is 158. The zero-order chi connectivity index (χ0) is 13.0. The molecule has 17 heavy (non-hydrogen) atoms. The SMILES string of the molecule is CCCCC(C)(C)OCCOCCOCCC. The van der Waals surface area contributed by atoms with Gasteiger partial charge < -0.3 is 14.2 Å². The van der Waals surface area contributed by atoms with E-state index in [0.717, 1.165) is 19.4 Å². The van der Waals surface area contributed by atoms with Gasteiger partial charge in [0.25, 0.3) is 0 Å². The second-order valence-corrected chi connectivity index (χ2v) is 4.94. The van der Waals surface area contributed by atoms with Crippen LogP contribution < -0.4 is 0 Å². The first-order chi connectivity index (χ1) is 8.12. The normalized spacial score (nSPS) is 12.0. The molecule has 3 nitrogen and oxygen atoms in total. The van der Waals surface area contributed by atoms with Gasteiger partial charge in [0.2, 0.25) is 0 Å². The van der Waals surface area contributed by atoms with E-state index in [9.17, 15) is 0 Å². The van der Waals surface area contributed by atoms with Crippen molar-refractivity contribution in [3.05, 3.63) is 0 Å². The smallest absolute Gasteiger partial charge is 0.0707 e. The molecular formula is C14H30O3. The Labute approximate surface area is 107 Å². The molecule has 0 unspecified atom stereocenters. The highest BCUT2D eigenvalue weighted by Crippen LogP contribution is 2.17. The minimum Gasteiger partial charge on any atom is -0.379 e. The van der Waals surface area contributed by atoms with Crippen molar-refractivity contribution in [2.75, 3.05) is 33.0 Å². The average molecular weight is 246 g/mol. The molecule has 0 saturated heterocycles. The maximum absolute atomic E-state index is 5.79. The maximum Gasteiger partial charge on any atom is 0.0707 e. The van der Waals surface area contributed by atoms with Crippen molar-refractivity contribution < 1.29 is 14.2 Å². The molecule has 3 heteroatoms. The molecule has 0 fully saturated rings. The molecule has 0 bridgehead atoms. The van der Waals surface area contributed by atoms with Crippen LogP contribution in [-0.2, 0) is 14.2 Å². The van der Waals surface area contributed by atoms with Crippen molar-refractivity contribution in [1.82, 2.24) is 0 Å². The topological polar surface area (TPSA) is 27.7 Å². The first-order valence-electron chi connectivity index (χ1n) is 6.92. The van der Waals surface area contributed by atoms with Crippen LogP contribution in [0, 0.1) is 0 Å². The van der Waals surface area contributed by atoms with Gasteiger partial charge in [0.05, 0.1) is 32.0 Å². The molecule has 0 aromatic carbocycles. The highest BCUT2D eigenvalue weighted by molar-refractivity contribution is 4.67. The second-order valence-electron chi connectivity index (χ2n) is 4.94. The fourth-order valence-corrected chi connectivity index (χ4v) is 1.52. The van der Waals surface area contributed by atoms with Gasteiger partial charge in [-0.25, -0.2) is 0 Å². The van der Waals surface area contributed by atoms with Crippen molar-refractivity contribution in [1.29, 1.82) is 0 Å². The lowest BCUT2D eigenvalue weighted by molar-refractivity contribution is -0.0566. The standard InChI is InChI=1S/C14H30O3/c1-5-7-8-14(3,4)17-13-12-16-11-10-15-9-6-2/h5-13H2,1-4H3. The van der Waals surface area contributed by atoms with Crippen molar-refractivity contribution in [2.24, 2.45) is 0 Å². The highest BCUT2D eigenvalue weighted by atomic mass is 16.5. The zero-order valence-corrected chi connectivity index (χ0v) is 12.1. The predicted octanol–water partition coefficient (Wildman–Crippen LogP) is 3.42. The summed E-state index contributed by atoms with van der Waals surface area (Å²) in [4.78, 5) is 0. The molecule has 104 valence electrons. The Hall–Kier alpha value is -0.120. The maximum atomic E-state index is 5.79. The van der Waals surface area contributed by atoms with E-state index in [1.807, 2.05) is 0 Å². The molecule has 0 spiro atoms. The van der Waals surface area contributed by atoms with Crippen LogP contribution in [0.3, 0.4) is 0 Å². The van der Waals surface area contributed by atoms with Gasteiger partial charge in [-0.3, -0.25) is 0 Å². The number of ether oxygens (including phenoxy) is 3. The Kier molecular flexibility index (Phi) is 10.9. The summed E-state index contributed by atoms with van der Waals surface area (Å²) in [5.41, 5.74) is -0.0158. The summed E-state index contributed by atoms with van der Waals surface area (Å²) in [7, 11) is 0. The third-order valence-corrected chi connectivity index (χ3v) is 2.57. The van der Waals surface area contributed by atoms with Gasteiger partial charge in [-0.05, 0) is 26.7 Å². The minimum atomic E-state index is -0.0158. The summed E-state index contributed by atoms with van der Waals surface area (Å²) < 4.78 is 16.5. The third-order valence-electron chi connectivity index (χ3n) is 2.57. The summed E-state index contributed by atoms with van der Waals surface area (Å²) in [6, 6.07) is 0. The first kappa shape index (κ1) is 16.9. The van der Waals surface area contributed by atoms with Gasteiger partial charge in [0.15, 0.2) is 0 Å². The Balaban J connectivity index is 3.26. The van der Waals surface area contributed by atoms with Crippen LogP contribution in [0.1, 0.15) is 53.4 Å². The van der Waals surface area contributed by atoms with Crippen LogP contribution in [0.2, 0.25) is 0 Å². The molecular weight excluding hydrogens is 216 g/mol. The molecule has 0 aliphatic carbocycles. The summed E-state index contributed by atoms with van der Waals surface area (Å²) in [5, 5.41) is 0.